The minimum atomic E-state index is 0.00271. The molecule has 1 rings (SSSR count). The Balaban J connectivity index is 2.40. The van der Waals surface area contributed by atoms with Crippen molar-refractivity contribution in [1.29, 1.82) is 0 Å². The van der Waals surface area contributed by atoms with Crippen molar-refractivity contribution in [2.45, 2.75) is 32.7 Å². The van der Waals surface area contributed by atoms with E-state index < -0.39 is 0 Å². The van der Waals surface area contributed by atoms with Crippen molar-refractivity contribution in [3.8, 4) is 5.75 Å². The third-order valence-corrected chi connectivity index (χ3v) is 3.07. The highest BCUT2D eigenvalue weighted by Gasteiger charge is 2.10. The molecule has 106 valence electrons. The van der Waals surface area contributed by atoms with E-state index in [0.29, 0.717) is 12.3 Å². The highest BCUT2D eigenvalue weighted by atomic mass is 16.5. The summed E-state index contributed by atoms with van der Waals surface area (Å²) in [4.78, 5) is 13.6. The van der Waals surface area contributed by atoms with Crippen LogP contribution in [0.1, 0.15) is 31.7 Å². The zero-order valence-corrected chi connectivity index (χ0v) is 11.9. The molecule has 0 unspecified atom stereocenters. The van der Waals surface area contributed by atoms with E-state index in [1.54, 1.807) is 4.90 Å². The predicted molar refractivity (Wildman–Crippen MR) is 77.0 cm³/mol. The number of nitrogens with zero attached hydrogens (tertiary/aromatic N) is 1. The van der Waals surface area contributed by atoms with E-state index in [4.69, 9.17) is 10.5 Å². The number of hydrogen-bond donors (Lipinski definition) is 1. The van der Waals surface area contributed by atoms with E-state index in [-0.39, 0.29) is 12.5 Å². The number of carbonyl (C=O) groups excluding carboxylic acids is 1. The zero-order valence-electron chi connectivity index (χ0n) is 11.9. The standard InChI is InChI=1S/C15H24N2O2/c1-3-4-7-10-17(2)15(18)12-19-14-9-6-5-8-13(14)11-16/h5-6,8-9H,3-4,7,10-12,16H2,1-2H3. The molecule has 0 aliphatic heterocycles. The molecule has 19 heavy (non-hydrogen) atoms. The lowest BCUT2D eigenvalue weighted by atomic mass is 10.2. The molecule has 0 aliphatic rings. The lowest BCUT2D eigenvalue weighted by Gasteiger charge is -2.18. The summed E-state index contributed by atoms with van der Waals surface area (Å²) in [6, 6.07) is 7.54. The molecule has 0 aliphatic carbocycles. The number of unbranched alkanes of at least 4 members (excludes halogenated alkanes) is 2. The second-order valence-electron chi connectivity index (χ2n) is 4.62. The Labute approximate surface area is 115 Å². The average molecular weight is 264 g/mol. The van der Waals surface area contributed by atoms with E-state index in [1.165, 1.54) is 0 Å². The summed E-state index contributed by atoms with van der Waals surface area (Å²) in [5.74, 6) is 0.697. The molecule has 2 N–H and O–H groups in total. The summed E-state index contributed by atoms with van der Waals surface area (Å²) in [5, 5.41) is 0. The van der Waals surface area contributed by atoms with Gasteiger partial charge in [0.15, 0.2) is 6.61 Å². The molecule has 0 radical (unpaired) electrons. The molecule has 4 heteroatoms. The molecule has 0 spiro atoms. The Morgan fingerprint density at radius 2 is 2.05 bits per heavy atom. The van der Waals surface area contributed by atoms with E-state index in [1.807, 2.05) is 31.3 Å². The van der Waals surface area contributed by atoms with Gasteiger partial charge in [0, 0.05) is 25.7 Å². The Bertz CT molecular complexity index is 393. The number of likely N-dealkylation sites (N-methyl/N-ethyl adjacent to an activating group) is 1. The van der Waals surface area contributed by atoms with Crippen LogP contribution in [0.5, 0.6) is 5.75 Å². The first kappa shape index (κ1) is 15.5. The molecule has 0 heterocycles. The second-order valence-corrected chi connectivity index (χ2v) is 4.62. The van der Waals surface area contributed by atoms with Crippen LogP contribution in [-0.4, -0.2) is 31.0 Å². The fourth-order valence-electron chi connectivity index (χ4n) is 1.79. The Kier molecular flexibility index (Phi) is 6.97. The number of rotatable bonds is 8. The number of carbonyl (C=O) groups is 1. The molecule has 1 aromatic rings. The van der Waals surface area contributed by atoms with Gasteiger partial charge >= 0.3 is 0 Å². The summed E-state index contributed by atoms with van der Waals surface area (Å²) in [6.07, 6.45) is 3.34. The van der Waals surface area contributed by atoms with E-state index >= 15 is 0 Å². The summed E-state index contributed by atoms with van der Waals surface area (Å²) in [6.45, 7) is 3.42. The minimum Gasteiger partial charge on any atom is -0.483 e. The van der Waals surface area contributed by atoms with Crippen molar-refractivity contribution in [2.24, 2.45) is 5.73 Å². The van der Waals surface area contributed by atoms with Gasteiger partial charge in [0.05, 0.1) is 0 Å². The van der Waals surface area contributed by atoms with Gasteiger partial charge in [0.25, 0.3) is 5.91 Å². The van der Waals surface area contributed by atoms with Crippen molar-refractivity contribution in [3.63, 3.8) is 0 Å². The maximum Gasteiger partial charge on any atom is 0.260 e. The topological polar surface area (TPSA) is 55.6 Å². The fourth-order valence-corrected chi connectivity index (χ4v) is 1.79. The van der Waals surface area contributed by atoms with Crippen molar-refractivity contribution >= 4 is 5.91 Å². The monoisotopic (exact) mass is 264 g/mol. The molecule has 0 aromatic heterocycles. The van der Waals surface area contributed by atoms with Crippen LogP contribution in [0.4, 0.5) is 0 Å². The first-order valence-corrected chi connectivity index (χ1v) is 6.83. The van der Waals surface area contributed by atoms with Crippen LogP contribution >= 0.6 is 0 Å². The molecular formula is C15H24N2O2. The zero-order chi connectivity index (χ0) is 14.1. The maximum atomic E-state index is 11.9. The van der Waals surface area contributed by atoms with Crippen molar-refractivity contribution in [3.05, 3.63) is 29.8 Å². The van der Waals surface area contributed by atoms with Gasteiger partial charge in [-0.15, -0.1) is 0 Å². The van der Waals surface area contributed by atoms with Crippen LogP contribution in [-0.2, 0) is 11.3 Å². The Morgan fingerprint density at radius 1 is 1.32 bits per heavy atom. The number of amides is 1. The summed E-state index contributed by atoms with van der Waals surface area (Å²) in [5.41, 5.74) is 6.54. The summed E-state index contributed by atoms with van der Waals surface area (Å²) in [7, 11) is 1.82. The van der Waals surface area contributed by atoms with E-state index in [2.05, 4.69) is 6.92 Å². The molecule has 1 amide bonds. The normalized spacial score (nSPS) is 10.3. The highest BCUT2D eigenvalue weighted by Crippen LogP contribution is 2.16. The van der Waals surface area contributed by atoms with Gasteiger partial charge in [-0.25, -0.2) is 0 Å². The molecule has 0 saturated carbocycles. The number of ether oxygens (including phenoxy) is 1. The minimum absolute atomic E-state index is 0.00271. The van der Waals surface area contributed by atoms with Crippen LogP contribution in [0.2, 0.25) is 0 Å². The molecular weight excluding hydrogens is 240 g/mol. The average Bonchev–Trinajstić information content (AvgIpc) is 2.45. The van der Waals surface area contributed by atoms with Gasteiger partial charge in [0.1, 0.15) is 5.75 Å². The SMILES string of the molecule is CCCCCN(C)C(=O)COc1ccccc1CN. The number of nitrogens with two attached hydrogens (primary N) is 1. The molecule has 0 fully saturated rings. The molecule has 0 bridgehead atoms. The van der Waals surface area contributed by atoms with Gasteiger partial charge in [-0.3, -0.25) is 4.79 Å². The lowest BCUT2D eigenvalue weighted by molar-refractivity contribution is -0.132. The predicted octanol–water partition coefficient (Wildman–Crippen LogP) is 2.17. The Hall–Kier alpha value is -1.55. The molecule has 1 aromatic carbocycles. The van der Waals surface area contributed by atoms with Crippen molar-refractivity contribution < 1.29 is 9.53 Å². The molecule has 4 nitrogen and oxygen atoms in total. The highest BCUT2D eigenvalue weighted by molar-refractivity contribution is 5.77. The van der Waals surface area contributed by atoms with Gasteiger partial charge in [-0.1, -0.05) is 38.0 Å². The molecule has 0 atom stereocenters. The van der Waals surface area contributed by atoms with Crippen LogP contribution < -0.4 is 10.5 Å². The van der Waals surface area contributed by atoms with Gasteiger partial charge in [0.2, 0.25) is 0 Å². The quantitative estimate of drug-likeness (QED) is 0.732. The van der Waals surface area contributed by atoms with Gasteiger partial charge in [-0.05, 0) is 12.5 Å². The van der Waals surface area contributed by atoms with Gasteiger partial charge < -0.3 is 15.4 Å². The second kappa shape index (κ2) is 8.53. The smallest absolute Gasteiger partial charge is 0.260 e. The summed E-state index contributed by atoms with van der Waals surface area (Å²) >= 11 is 0. The van der Waals surface area contributed by atoms with Gasteiger partial charge in [-0.2, -0.15) is 0 Å². The first-order valence-electron chi connectivity index (χ1n) is 6.83. The molecule has 0 saturated heterocycles. The third-order valence-electron chi connectivity index (χ3n) is 3.07. The van der Waals surface area contributed by atoms with Crippen molar-refractivity contribution in [2.75, 3.05) is 20.2 Å². The van der Waals surface area contributed by atoms with Crippen LogP contribution in [0.15, 0.2) is 24.3 Å². The Morgan fingerprint density at radius 3 is 2.74 bits per heavy atom. The van der Waals surface area contributed by atoms with E-state index in [9.17, 15) is 4.79 Å². The fraction of sp³-hybridized carbons (Fsp3) is 0.533. The van der Waals surface area contributed by atoms with Crippen LogP contribution in [0.3, 0.4) is 0 Å². The summed E-state index contributed by atoms with van der Waals surface area (Å²) < 4.78 is 5.55. The number of benzene rings is 1. The number of hydrogen-bond acceptors (Lipinski definition) is 3. The van der Waals surface area contributed by atoms with Crippen LogP contribution in [0, 0.1) is 0 Å². The number of para-hydroxylation sites is 1. The third kappa shape index (κ3) is 5.30. The van der Waals surface area contributed by atoms with Crippen molar-refractivity contribution in [1.82, 2.24) is 4.90 Å². The van der Waals surface area contributed by atoms with E-state index in [0.717, 1.165) is 31.4 Å². The lowest BCUT2D eigenvalue weighted by Crippen LogP contribution is -2.32. The van der Waals surface area contributed by atoms with Crippen LogP contribution in [0.25, 0.3) is 0 Å². The largest absolute Gasteiger partial charge is 0.483 e. The first-order chi connectivity index (χ1) is 9.19. The maximum absolute atomic E-state index is 11.9.